The first-order chi connectivity index (χ1) is 12.0. The van der Waals surface area contributed by atoms with Crippen molar-refractivity contribution in [3.05, 3.63) is 54.3 Å². The number of fused-ring (bicyclic) bond motifs is 1. The SMILES string of the molecule is C[C@H](C(=O)Nc1ccc(F)cc1)[NH+](C)C[C@@H]1COc2ccccc2O1. The molecule has 0 radical (unpaired) electrons. The van der Waals surface area contributed by atoms with E-state index in [1.807, 2.05) is 38.2 Å². The number of likely N-dealkylation sites (N-methyl/N-ethyl adjacent to an activating group) is 1. The summed E-state index contributed by atoms with van der Waals surface area (Å²) in [7, 11) is 1.94. The summed E-state index contributed by atoms with van der Waals surface area (Å²) in [5.41, 5.74) is 0.581. The highest BCUT2D eigenvalue weighted by Crippen LogP contribution is 2.30. The van der Waals surface area contributed by atoms with E-state index in [1.165, 1.54) is 12.1 Å². The summed E-state index contributed by atoms with van der Waals surface area (Å²) in [5, 5.41) is 2.80. The lowest BCUT2D eigenvalue weighted by Crippen LogP contribution is -3.15. The van der Waals surface area contributed by atoms with Crippen molar-refractivity contribution in [2.24, 2.45) is 0 Å². The number of carbonyl (C=O) groups is 1. The van der Waals surface area contributed by atoms with Crippen molar-refractivity contribution in [3.8, 4) is 11.5 Å². The zero-order valence-corrected chi connectivity index (χ0v) is 14.3. The fourth-order valence-corrected chi connectivity index (χ4v) is 2.71. The van der Waals surface area contributed by atoms with Crippen LogP contribution in [0.2, 0.25) is 0 Å². The Morgan fingerprint density at radius 2 is 1.92 bits per heavy atom. The quantitative estimate of drug-likeness (QED) is 0.864. The van der Waals surface area contributed by atoms with Gasteiger partial charge in [0.05, 0.1) is 7.05 Å². The summed E-state index contributed by atoms with van der Waals surface area (Å²) < 4.78 is 24.6. The molecule has 1 unspecified atom stereocenters. The molecule has 1 aliphatic rings. The largest absolute Gasteiger partial charge is 0.486 e. The highest BCUT2D eigenvalue weighted by molar-refractivity contribution is 5.93. The van der Waals surface area contributed by atoms with Gasteiger partial charge in [0, 0.05) is 5.69 Å². The van der Waals surface area contributed by atoms with E-state index in [1.54, 1.807) is 12.1 Å². The Morgan fingerprint density at radius 3 is 2.64 bits per heavy atom. The minimum absolute atomic E-state index is 0.115. The molecule has 3 rings (SSSR count). The number of quaternary nitrogens is 1. The summed E-state index contributed by atoms with van der Waals surface area (Å²) in [6.07, 6.45) is -0.115. The fourth-order valence-electron chi connectivity index (χ4n) is 2.71. The van der Waals surface area contributed by atoms with Crippen molar-refractivity contribution in [2.75, 3.05) is 25.5 Å². The maximum absolute atomic E-state index is 12.9. The van der Waals surface area contributed by atoms with E-state index in [-0.39, 0.29) is 23.9 Å². The number of nitrogens with one attached hydrogen (secondary N) is 2. The smallest absolute Gasteiger partial charge is 0.282 e. The lowest BCUT2D eigenvalue weighted by molar-refractivity contribution is -0.896. The van der Waals surface area contributed by atoms with Crippen LogP contribution in [0, 0.1) is 5.82 Å². The van der Waals surface area contributed by atoms with Gasteiger partial charge in [-0.25, -0.2) is 4.39 Å². The summed E-state index contributed by atoms with van der Waals surface area (Å²) in [6, 6.07) is 13.0. The fraction of sp³-hybridized carbons (Fsp3) is 0.316. The van der Waals surface area contributed by atoms with Crippen LogP contribution in [-0.2, 0) is 4.79 Å². The maximum atomic E-state index is 12.9. The van der Waals surface area contributed by atoms with E-state index in [9.17, 15) is 9.18 Å². The number of hydrogen-bond acceptors (Lipinski definition) is 3. The molecule has 1 heterocycles. The molecule has 0 aliphatic carbocycles. The lowest BCUT2D eigenvalue weighted by Gasteiger charge is -2.29. The minimum Gasteiger partial charge on any atom is -0.486 e. The van der Waals surface area contributed by atoms with Gasteiger partial charge >= 0.3 is 0 Å². The molecule has 0 fully saturated rings. The third kappa shape index (κ3) is 4.28. The Morgan fingerprint density at radius 1 is 1.24 bits per heavy atom. The predicted molar refractivity (Wildman–Crippen MR) is 92.6 cm³/mol. The number of rotatable bonds is 5. The number of benzene rings is 2. The van der Waals surface area contributed by atoms with E-state index in [0.29, 0.717) is 18.8 Å². The first kappa shape index (κ1) is 17.2. The van der Waals surface area contributed by atoms with Crippen molar-refractivity contribution >= 4 is 11.6 Å². The second-order valence-electron chi connectivity index (χ2n) is 6.27. The van der Waals surface area contributed by atoms with Gasteiger partial charge in [0.25, 0.3) is 5.91 Å². The van der Waals surface area contributed by atoms with Crippen molar-refractivity contribution in [1.29, 1.82) is 0 Å². The molecule has 0 aromatic heterocycles. The van der Waals surface area contributed by atoms with Gasteiger partial charge in [-0.05, 0) is 43.3 Å². The van der Waals surface area contributed by atoms with Crippen LogP contribution in [0.25, 0.3) is 0 Å². The van der Waals surface area contributed by atoms with Crippen LogP contribution in [0.15, 0.2) is 48.5 Å². The second kappa shape index (κ2) is 7.53. The number of hydrogen-bond donors (Lipinski definition) is 2. The molecule has 3 atom stereocenters. The predicted octanol–water partition coefficient (Wildman–Crippen LogP) is 1.51. The second-order valence-corrected chi connectivity index (χ2v) is 6.27. The van der Waals surface area contributed by atoms with E-state index >= 15 is 0 Å². The number of para-hydroxylation sites is 2. The van der Waals surface area contributed by atoms with Crippen molar-refractivity contribution < 1.29 is 23.6 Å². The normalized spacial score (nSPS) is 18.3. The monoisotopic (exact) mass is 345 g/mol. The average Bonchev–Trinajstić information content (AvgIpc) is 2.62. The van der Waals surface area contributed by atoms with E-state index in [0.717, 1.165) is 16.4 Å². The molecule has 2 N–H and O–H groups in total. The third-order valence-corrected chi connectivity index (χ3v) is 4.36. The van der Waals surface area contributed by atoms with Crippen LogP contribution in [-0.4, -0.2) is 38.3 Å². The van der Waals surface area contributed by atoms with Crippen molar-refractivity contribution in [1.82, 2.24) is 0 Å². The molecule has 25 heavy (non-hydrogen) atoms. The first-order valence-corrected chi connectivity index (χ1v) is 8.30. The van der Waals surface area contributed by atoms with Crippen LogP contribution in [0.1, 0.15) is 6.92 Å². The van der Waals surface area contributed by atoms with Crippen LogP contribution in [0.5, 0.6) is 11.5 Å². The summed E-state index contributed by atoms with van der Waals surface area (Å²) in [6.45, 7) is 2.94. The molecule has 0 bridgehead atoms. The standard InChI is InChI=1S/C19H21FN2O3/c1-13(19(23)21-15-9-7-14(20)8-10-15)22(2)11-16-12-24-17-5-3-4-6-18(17)25-16/h3-10,13,16H,11-12H2,1-2H3,(H,21,23)/p+1/t13-,16-/m1/s1. The zero-order chi connectivity index (χ0) is 17.8. The Bertz CT molecular complexity index is 736. The molecule has 132 valence electrons. The average molecular weight is 345 g/mol. The molecule has 0 spiro atoms. The number of ether oxygens (including phenoxy) is 2. The molecule has 0 saturated heterocycles. The van der Waals surface area contributed by atoms with Gasteiger partial charge in [-0.3, -0.25) is 4.79 Å². The zero-order valence-electron chi connectivity index (χ0n) is 14.3. The van der Waals surface area contributed by atoms with Crippen molar-refractivity contribution in [2.45, 2.75) is 19.1 Å². The van der Waals surface area contributed by atoms with Crippen LogP contribution < -0.4 is 19.7 Å². The Balaban J connectivity index is 1.54. The summed E-state index contributed by atoms with van der Waals surface area (Å²) in [4.78, 5) is 13.4. The van der Waals surface area contributed by atoms with E-state index < -0.39 is 0 Å². The van der Waals surface area contributed by atoms with Crippen LogP contribution >= 0.6 is 0 Å². The number of anilines is 1. The Hall–Kier alpha value is -2.60. The highest BCUT2D eigenvalue weighted by atomic mass is 19.1. The first-order valence-electron chi connectivity index (χ1n) is 8.30. The topological polar surface area (TPSA) is 52.0 Å². The van der Waals surface area contributed by atoms with Crippen LogP contribution in [0.3, 0.4) is 0 Å². The molecular formula is C19H22FN2O3+. The van der Waals surface area contributed by atoms with Gasteiger partial charge in [-0.2, -0.15) is 0 Å². The lowest BCUT2D eigenvalue weighted by atomic mass is 10.2. The highest BCUT2D eigenvalue weighted by Gasteiger charge is 2.28. The van der Waals surface area contributed by atoms with Crippen LogP contribution in [0.4, 0.5) is 10.1 Å². The molecule has 1 aliphatic heterocycles. The Labute approximate surface area is 146 Å². The van der Waals surface area contributed by atoms with Gasteiger partial charge in [0.1, 0.15) is 19.0 Å². The van der Waals surface area contributed by atoms with Gasteiger partial charge < -0.3 is 19.7 Å². The summed E-state index contributed by atoms with van der Waals surface area (Å²) in [5.74, 6) is 1.03. The van der Waals surface area contributed by atoms with Gasteiger partial charge in [-0.15, -0.1) is 0 Å². The molecular weight excluding hydrogens is 323 g/mol. The number of halogens is 1. The number of carbonyl (C=O) groups excluding carboxylic acids is 1. The van der Waals surface area contributed by atoms with Crippen molar-refractivity contribution in [3.63, 3.8) is 0 Å². The third-order valence-electron chi connectivity index (χ3n) is 4.36. The number of amides is 1. The molecule has 0 saturated carbocycles. The summed E-state index contributed by atoms with van der Waals surface area (Å²) >= 11 is 0. The van der Waals surface area contributed by atoms with Gasteiger partial charge in [0.2, 0.25) is 0 Å². The molecule has 2 aromatic carbocycles. The Kier molecular flexibility index (Phi) is 5.19. The molecule has 5 nitrogen and oxygen atoms in total. The van der Waals surface area contributed by atoms with E-state index in [4.69, 9.17) is 9.47 Å². The molecule has 1 amide bonds. The molecule has 2 aromatic rings. The minimum atomic E-state index is -0.330. The van der Waals surface area contributed by atoms with Gasteiger partial charge in [0.15, 0.2) is 23.6 Å². The molecule has 6 heteroatoms. The van der Waals surface area contributed by atoms with E-state index in [2.05, 4.69) is 5.32 Å². The maximum Gasteiger partial charge on any atom is 0.282 e. The van der Waals surface area contributed by atoms with Gasteiger partial charge in [-0.1, -0.05) is 12.1 Å².